The highest BCUT2D eigenvalue weighted by Crippen LogP contribution is 2.35. The quantitative estimate of drug-likeness (QED) is 0.465. The highest BCUT2D eigenvalue weighted by atomic mass is 16.3. The molecule has 0 aliphatic rings. The molecule has 3 aromatic carbocycles. The number of anilines is 3. The highest BCUT2D eigenvalue weighted by molar-refractivity contribution is 5.85. The number of nitrogens with zero attached hydrogens (tertiary/aromatic N) is 1. The lowest BCUT2D eigenvalue weighted by Gasteiger charge is -2.25. The van der Waals surface area contributed by atoms with Crippen LogP contribution in [0.4, 0.5) is 17.1 Å². The molecule has 1 aromatic heterocycles. The van der Waals surface area contributed by atoms with Crippen LogP contribution in [0.15, 0.2) is 95.6 Å². The first kappa shape index (κ1) is 12.7. The summed E-state index contributed by atoms with van der Waals surface area (Å²) in [5.41, 5.74) is 4.23. The van der Waals surface area contributed by atoms with Crippen LogP contribution in [-0.2, 0) is 0 Å². The summed E-state index contributed by atoms with van der Waals surface area (Å²) in [6.45, 7) is 0. The summed E-state index contributed by atoms with van der Waals surface area (Å²) in [6.07, 6.45) is 1.73. The van der Waals surface area contributed by atoms with Crippen molar-refractivity contribution in [2.45, 2.75) is 0 Å². The van der Waals surface area contributed by atoms with E-state index in [2.05, 4.69) is 71.6 Å². The number of hydrogen-bond donors (Lipinski definition) is 0. The Kier molecular flexibility index (Phi) is 3.13. The number of benzene rings is 3. The van der Waals surface area contributed by atoms with Crippen LogP contribution in [-0.4, -0.2) is 0 Å². The molecule has 2 nitrogen and oxygen atoms in total. The van der Waals surface area contributed by atoms with Crippen LogP contribution in [0.5, 0.6) is 0 Å². The summed E-state index contributed by atoms with van der Waals surface area (Å²) in [5.74, 6) is 0. The Bertz CT molecular complexity index is 842. The molecule has 0 bridgehead atoms. The summed E-state index contributed by atoms with van der Waals surface area (Å²) in [5, 5.41) is 1.12. The molecule has 2 heteroatoms. The highest BCUT2D eigenvalue weighted by Gasteiger charge is 2.12. The summed E-state index contributed by atoms with van der Waals surface area (Å²) >= 11 is 0. The normalized spacial score (nSPS) is 10.7. The molecular formula is C20H15NO. The van der Waals surface area contributed by atoms with Crippen molar-refractivity contribution in [3.8, 4) is 0 Å². The Morgan fingerprint density at radius 1 is 0.591 bits per heavy atom. The average molecular weight is 285 g/mol. The SMILES string of the molecule is c1ccc(N(c2ccccc2)c2ccc3ccoc3c2)cc1. The van der Waals surface area contributed by atoms with Gasteiger partial charge in [0.1, 0.15) is 5.58 Å². The smallest absolute Gasteiger partial charge is 0.135 e. The molecule has 4 aromatic rings. The molecule has 0 unspecified atom stereocenters. The summed E-state index contributed by atoms with van der Waals surface area (Å²) in [6, 6.07) is 29.0. The first-order valence-corrected chi connectivity index (χ1v) is 7.29. The fourth-order valence-electron chi connectivity index (χ4n) is 2.68. The minimum absolute atomic E-state index is 0.898. The molecule has 106 valence electrons. The summed E-state index contributed by atoms with van der Waals surface area (Å²) < 4.78 is 5.55. The van der Waals surface area contributed by atoms with Crippen molar-refractivity contribution < 1.29 is 4.42 Å². The molecule has 0 N–H and O–H groups in total. The fraction of sp³-hybridized carbons (Fsp3) is 0. The zero-order valence-corrected chi connectivity index (χ0v) is 12.0. The molecule has 0 fully saturated rings. The molecule has 4 rings (SSSR count). The van der Waals surface area contributed by atoms with Crippen LogP contribution in [0.1, 0.15) is 0 Å². The number of rotatable bonds is 3. The third kappa shape index (κ3) is 2.25. The van der Waals surface area contributed by atoms with E-state index in [0.717, 1.165) is 28.0 Å². The fourth-order valence-corrected chi connectivity index (χ4v) is 2.68. The van der Waals surface area contributed by atoms with E-state index in [1.165, 1.54) is 0 Å². The van der Waals surface area contributed by atoms with Crippen LogP contribution >= 0.6 is 0 Å². The van der Waals surface area contributed by atoms with Gasteiger partial charge in [0.25, 0.3) is 0 Å². The van der Waals surface area contributed by atoms with Crippen LogP contribution in [0.3, 0.4) is 0 Å². The van der Waals surface area contributed by atoms with E-state index in [-0.39, 0.29) is 0 Å². The Balaban J connectivity index is 1.90. The molecule has 0 amide bonds. The second-order valence-corrected chi connectivity index (χ2v) is 5.15. The van der Waals surface area contributed by atoms with E-state index >= 15 is 0 Å². The molecule has 0 aliphatic heterocycles. The minimum Gasteiger partial charge on any atom is -0.464 e. The maximum absolute atomic E-state index is 5.55. The molecule has 0 aliphatic carbocycles. The van der Waals surface area contributed by atoms with Crippen molar-refractivity contribution in [2.24, 2.45) is 0 Å². The second-order valence-electron chi connectivity index (χ2n) is 5.15. The largest absolute Gasteiger partial charge is 0.464 e. The lowest BCUT2D eigenvalue weighted by Crippen LogP contribution is -2.09. The summed E-state index contributed by atoms with van der Waals surface area (Å²) in [7, 11) is 0. The molecular weight excluding hydrogens is 270 g/mol. The van der Waals surface area contributed by atoms with E-state index < -0.39 is 0 Å². The molecule has 22 heavy (non-hydrogen) atoms. The van der Waals surface area contributed by atoms with Crippen LogP contribution in [0.2, 0.25) is 0 Å². The van der Waals surface area contributed by atoms with Gasteiger partial charge in [-0.25, -0.2) is 0 Å². The van der Waals surface area contributed by atoms with Crippen molar-refractivity contribution >= 4 is 28.0 Å². The molecule has 0 atom stereocenters. The molecule has 0 saturated heterocycles. The van der Waals surface area contributed by atoms with Gasteiger partial charge in [-0.05, 0) is 42.5 Å². The Morgan fingerprint density at radius 3 is 1.86 bits per heavy atom. The maximum atomic E-state index is 5.55. The minimum atomic E-state index is 0.898. The molecule has 0 radical (unpaired) electrons. The van der Waals surface area contributed by atoms with Crippen molar-refractivity contribution in [3.05, 3.63) is 91.2 Å². The van der Waals surface area contributed by atoms with Gasteiger partial charge in [0.15, 0.2) is 0 Å². The number of fused-ring (bicyclic) bond motifs is 1. The van der Waals surface area contributed by atoms with E-state index in [9.17, 15) is 0 Å². The maximum Gasteiger partial charge on any atom is 0.135 e. The monoisotopic (exact) mass is 285 g/mol. The van der Waals surface area contributed by atoms with E-state index in [4.69, 9.17) is 4.42 Å². The van der Waals surface area contributed by atoms with Crippen molar-refractivity contribution in [1.82, 2.24) is 0 Å². The first-order chi connectivity index (χ1) is 10.9. The number of hydrogen-bond acceptors (Lipinski definition) is 2. The average Bonchev–Trinajstić information content (AvgIpc) is 3.05. The Hall–Kier alpha value is -3.00. The van der Waals surface area contributed by atoms with Crippen LogP contribution < -0.4 is 4.90 Å². The Labute approximate surface area is 129 Å². The zero-order valence-electron chi connectivity index (χ0n) is 12.0. The van der Waals surface area contributed by atoms with Gasteiger partial charge in [-0.1, -0.05) is 36.4 Å². The third-order valence-corrected chi connectivity index (χ3v) is 3.73. The van der Waals surface area contributed by atoms with Gasteiger partial charge in [-0.3, -0.25) is 0 Å². The topological polar surface area (TPSA) is 16.4 Å². The van der Waals surface area contributed by atoms with Gasteiger partial charge < -0.3 is 9.32 Å². The standard InChI is InChI=1S/C20H15NO/c1-3-7-17(8-4-1)21(18-9-5-2-6-10-18)19-12-11-16-13-14-22-20(16)15-19/h1-15H. The lowest BCUT2D eigenvalue weighted by atomic mass is 10.1. The van der Waals surface area contributed by atoms with Crippen molar-refractivity contribution in [1.29, 1.82) is 0 Å². The zero-order chi connectivity index (χ0) is 14.8. The van der Waals surface area contributed by atoms with Crippen LogP contribution in [0.25, 0.3) is 11.0 Å². The predicted molar refractivity (Wildman–Crippen MR) is 90.9 cm³/mol. The summed E-state index contributed by atoms with van der Waals surface area (Å²) in [4.78, 5) is 2.22. The van der Waals surface area contributed by atoms with E-state index in [0.29, 0.717) is 0 Å². The van der Waals surface area contributed by atoms with Gasteiger partial charge in [0, 0.05) is 28.5 Å². The lowest BCUT2D eigenvalue weighted by molar-refractivity contribution is 0.616. The van der Waals surface area contributed by atoms with Crippen molar-refractivity contribution in [2.75, 3.05) is 4.90 Å². The van der Waals surface area contributed by atoms with Crippen LogP contribution in [0, 0.1) is 0 Å². The first-order valence-electron chi connectivity index (χ1n) is 7.29. The third-order valence-electron chi connectivity index (χ3n) is 3.73. The van der Waals surface area contributed by atoms with Crippen molar-refractivity contribution in [3.63, 3.8) is 0 Å². The second kappa shape index (κ2) is 5.41. The molecule has 0 spiro atoms. The van der Waals surface area contributed by atoms with Gasteiger partial charge in [0.05, 0.1) is 6.26 Å². The van der Waals surface area contributed by atoms with Gasteiger partial charge in [-0.15, -0.1) is 0 Å². The van der Waals surface area contributed by atoms with Gasteiger partial charge >= 0.3 is 0 Å². The molecule has 1 heterocycles. The number of para-hydroxylation sites is 2. The van der Waals surface area contributed by atoms with Gasteiger partial charge in [-0.2, -0.15) is 0 Å². The van der Waals surface area contributed by atoms with Gasteiger partial charge in [0.2, 0.25) is 0 Å². The predicted octanol–water partition coefficient (Wildman–Crippen LogP) is 5.90. The molecule has 0 saturated carbocycles. The number of furan rings is 1. The van der Waals surface area contributed by atoms with E-state index in [1.807, 2.05) is 18.2 Å². The Morgan fingerprint density at radius 2 is 1.23 bits per heavy atom. The van der Waals surface area contributed by atoms with E-state index in [1.54, 1.807) is 6.26 Å².